The first-order chi connectivity index (χ1) is 11.1. The van der Waals surface area contributed by atoms with Crippen molar-refractivity contribution in [2.24, 2.45) is 0 Å². The molecule has 0 aliphatic rings. The molecule has 1 N–H and O–H groups in total. The van der Waals surface area contributed by atoms with E-state index in [0.29, 0.717) is 16.3 Å². The van der Waals surface area contributed by atoms with E-state index < -0.39 is 0 Å². The van der Waals surface area contributed by atoms with Crippen molar-refractivity contribution >= 4 is 23.2 Å². The zero-order chi connectivity index (χ0) is 16.2. The van der Waals surface area contributed by atoms with Crippen LogP contribution in [0.1, 0.15) is 5.82 Å². The van der Waals surface area contributed by atoms with E-state index in [0.717, 1.165) is 0 Å². The number of anilines is 1. The van der Waals surface area contributed by atoms with E-state index in [1.807, 2.05) is 0 Å². The smallest absolute Gasteiger partial charge is 0.259 e. The molecule has 7 heteroatoms. The first-order valence-electron chi connectivity index (χ1n) is 6.75. The number of nitrogens with zero attached hydrogens (tertiary/aromatic N) is 2. The molecule has 0 saturated heterocycles. The Bertz CT molecular complexity index is 833. The van der Waals surface area contributed by atoms with Crippen molar-refractivity contribution in [3.8, 4) is 11.5 Å². The summed E-state index contributed by atoms with van der Waals surface area (Å²) in [6, 6.07) is 12.5. The second-order valence-electron chi connectivity index (χ2n) is 4.73. The van der Waals surface area contributed by atoms with E-state index in [1.54, 1.807) is 24.3 Å². The molecule has 0 saturated carbocycles. The first-order valence-corrected chi connectivity index (χ1v) is 7.12. The van der Waals surface area contributed by atoms with Gasteiger partial charge in [-0.05, 0) is 36.4 Å². The third-order valence-electron chi connectivity index (χ3n) is 3.02. The van der Waals surface area contributed by atoms with E-state index in [-0.39, 0.29) is 29.9 Å². The Kier molecular flexibility index (Phi) is 4.34. The fourth-order valence-electron chi connectivity index (χ4n) is 1.95. The maximum Gasteiger partial charge on any atom is 0.259 e. The number of aromatic nitrogens is 2. The fraction of sp³-hybridized carbons (Fsp3) is 0.0625. The molecular weight excluding hydrogens is 321 g/mol. The maximum atomic E-state index is 12.8. The topological polar surface area (TPSA) is 68.0 Å². The third kappa shape index (κ3) is 3.73. The van der Waals surface area contributed by atoms with Crippen molar-refractivity contribution in [2.45, 2.75) is 6.42 Å². The molecule has 2 aromatic carbocycles. The summed E-state index contributed by atoms with van der Waals surface area (Å²) in [7, 11) is 0. The average Bonchev–Trinajstić information content (AvgIpc) is 2.98. The Labute approximate surface area is 136 Å². The zero-order valence-electron chi connectivity index (χ0n) is 11.8. The summed E-state index contributed by atoms with van der Waals surface area (Å²) in [4.78, 5) is 16.1. The number of carbonyl (C=O) groups excluding carboxylic acids is 1. The Balaban J connectivity index is 1.68. The van der Waals surface area contributed by atoms with Gasteiger partial charge < -0.3 is 9.84 Å². The lowest BCUT2D eigenvalue weighted by Gasteiger charge is -2.02. The van der Waals surface area contributed by atoms with Gasteiger partial charge in [-0.2, -0.15) is 4.98 Å². The monoisotopic (exact) mass is 331 g/mol. The van der Waals surface area contributed by atoms with Crippen LogP contribution in [-0.2, 0) is 11.2 Å². The molecule has 0 spiro atoms. The zero-order valence-corrected chi connectivity index (χ0v) is 12.5. The molecule has 0 fully saturated rings. The lowest BCUT2D eigenvalue weighted by atomic mass is 10.2. The number of halogens is 2. The quantitative estimate of drug-likeness (QED) is 0.791. The van der Waals surface area contributed by atoms with Crippen LogP contribution in [0.4, 0.5) is 10.1 Å². The molecular formula is C16H11ClFN3O2. The van der Waals surface area contributed by atoms with Gasteiger partial charge in [0.25, 0.3) is 5.89 Å². The molecule has 0 aliphatic heterocycles. The molecule has 1 amide bonds. The molecule has 3 aromatic rings. The van der Waals surface area contributed by atoms with Gasteiger partial charge in [-0.15, -0.1) is 0 Å². The van der Waals surface area contributed by atoms with Gasteiger partial charge in [-0.1, -0.05) is 28.9 Å². The minimum atomic E-state index is -0.370. The molecule has 5 nitrogen and oxygen atoms in total. The maximum absolute atomic E-state index is 12.8. The van der Waals surface area contributed by atoms with Gasteiger partial charge in [-0.3, -0.25) is 4.79 Å². The summed E-state index contributed by atoms with van der Waals surface area (Å²) in [5.74, 6) is -0.214. The molecule has 1 aromatic heterocycles. The van der Waals surface area contributed by atoms with Gasteiger partial charge >= 0.3 is 0 Å². The number of rotatable bonds is 4. The van der Waals surface area contributed by atoms with Crippen LogP contribution in [0.15, 0.2) is 53.1 Å². The largest absolute Gasteiger partial charge is 0.334 e. The van der Waals surface area contributed by atoms with E-state index in [9.17, 15) is 9.18 Å². The van der Waals surface area contributed by atoms with Crippen LogP contribution in [0.25, 0.3) is 11.5 Å². The minimum absolute atomic E-state index is 0.0642. The molecule has 3 rings (SSSR count). The van der Waals surface area contributed by atoms with Crippen LogP contribution in [-0.4, -0.2) is 16.0 Å². The predicted molar refractivity (Wildman–Crippen MR) is 83.5 cm³/mol. The van der Waals surface area contributed by atoms with Gasteiger partial charge in [0.05, 0.1) is 17.0 Å². The van der Waals surface area contributed by atoms with Gasteiger partial charge in [0, 0.05) is 5.69 Å². The van der Waals surface area contributed by atoms with Crippen molar-refractivity contribution in [1.29, 1.82) is 0 Å². The number of benzene rings is 2. The van der Waals surface area contributed by atoms with Crippen LogP contribution in [0.2, 0.25) is 5.02 Å². The molecule has 0 bridgehead atoms. The molecule has 0 unspecified atom stereocenters. The molecule has 0 radical (unpaired) electrons. The number of nitrogens with one attached hydrogen (secondary N) is 1. The summed E-state index contributed by atoms with van der Waals surface area (Å²) in [6.45, 7) is 0. The van der Waals surface area contributed by atoms with Crippen LogP contribution < -0.4 is 5.32 Å². The second-order valence-corrected chi connectivity index (χ2v) is 5.13. The van der Waals surface area contributed by atoms with E-state index in [4.69, 9.17) is 16.1 Å². The first kappa shape index (κ1) is 15.2. The highest BCUT2D eigenvalue weighted by Crippen LogP contribution is 2.25. The highest BCUT2D eigenvalue weighted by Gasteiger charge is 2.14. The highest BCUT2D eigenvalue weighted by molar-refractivity contribution is 6.33. The molecule has 0 aliphatic carbocycles. The number of amides is 1. The molecule has 116 valence electrons. The van der Waals surface area contributed by atoms with Crippen LogP contribution in [0, 0.1) is 5.82 Å². The minimum Gasteiger partial charge on any atom is -0.334 e. The molecule has 0 atom stereocenters. The van der Waals surface area contributed by atoms with Gasteiger partial charge in [0.15, 0.2) is 5.82 Å². The lowest BCUT2D eigenvalue weighted by Crippen LogP contribution is -2.15. The summed E-state index contributed by atoms with van der Waals surface area (Å²) < 4.78 is 17.9. The Hall–Kier alpha value is -2.73. The van der Waals surface area contributed by atoms with E-state index in [2.05, 4.69) is 15.5 Å². The molecule has 23 heavy (non-hydrogen) atoms. The summed E-state index contributed by atoms with van der Waals surface area (Å²) in [5, 5.41) is 6.87. The normalized spacial score (nSPS) is 10.5. The number of hydrogen-bond acceptors (Lipinski definition) is 4. The average molecular weight is 332 g/mol. The Morgan fingerprint density at radius 1 is 1.17 bits per heavy atom. The Morgan fingerprint density at radius 3 is 2.65 bits per heavy atom. The SMILES string of the molecule is O=C(Cc1noc(-c2ccccc2Cl)n1)Nc1ccc(F)cc1. The van der Waals surface area contributed by atoms with Crippen molar-refractivity contribution in [3.05, 3.63) is 65.2 Å². The van der Waals surface area contributed by atoms with Crippen molar-refractivity contribution in [2.75, 3.05) is 5.32 Å². The van der Waals surface area contributed by atoms with Crippen molar-refractivity contribution in [3.63, 3.8) is 0 Å². The second kappa shape index (κ2) is 6.58. The van der Waals surface area contributed by atoms with Crippen LogP contribution in [0.3, 0.4) is 0 Å². The van der Waals surface area contributed by atoms with Gasteiger partial charge in [-0.25, -0.2) is 4.39 Å². The predicted octanol–water partition coefficient (Wildman–Crippen LogP) is 3.71. The fourth-order valence-corrected chi connectivity index (χ4v) is 2.17. The highest BCUT2D eigenvalue weighted by atomic mass is 35.5. The third-order valence-corrected chi connectivity index (χ3v) is 3.35. The number of carbonyl (C=O) groups is 1. The lowest BCUT2D eigenvalue weighted by molar-refractivity contribution is -0.115. The van der Waals surface area contributed by atoms with Crippen LogP contribution in [0.5, 0.6) is 0 Å². The van der Waals surface area contributed by atoms with Gasteiger partial charge in [0.1, 0.15) is 5.82 Å². The van der Waals surface area contributed by atoms with Crippen molar-refractivity contribution < 1.29 is 13.7 Å². The van der Waals surface area contributed by atoms with E-state index in [1.165, 1.54) is 24.3 Å². The summed E-state index contributed by atoms with van der Waals surface area (Å²) in [5.41, 5.74) is 1.10. The summed E-state index contributed by atoms with van der Waals surface area (Å²) in [6.07, 6.45) is -0.0642. The van der Waals surface area contributed by atoms with Crippen LogP contribution >= 0.6 is 11.6 Å². The standard InChI is InChI=1S/C16H11ClFN3O2/c17-13-4-2-1-3-12(13)16-20-14(21-23-16)9-15(22)19-11-7-5-10(18)6-8-11/h1-8H,9H2,(H,19,22). The van der Waals surface area contributed by atoms with E-state index >= 15 is 0 Å². The number of hydrogen-bond donors (Lipinski definition) is 1. The van der Waals surface area contributed by atoms with Crippen molar-refractivity contribution in [1.82, 2.24) is 10.1 Å². The molecule has 1 heterocycles. The van der Waals surface area contributed by atoms with Gasteiger partial charge in [0.2, 0.25) is 5.91 Å². The summed E-state index contributed by atoms with van der Waals surface area (Å²) >= 11 is 6.06. The Morgan fingerprint density at radius 2 is 1.91 bits per heavy atom.